The summed E-state index contributed by atoms with van der Waals surface area (Å²) in [6.45, 7) is 1.69. The molecular weight excluding hydrogens is 262 g/mol. The molecule has 1 aromatic carbocycles. The predicted molar refractivity (Wildman–Crippen MR) is 83.2 cm³/mol. The van der Waals surface area contributed by atoms with E-state index in [1.807, 2.05) is 24.3 Å². The lowest BCUT2D eigenvalue weighted by Crippen LogP contribution is -2.22. The van der Waals surface area contributed by atoms with Crippen molar-refractivity contribution in [2.75, 3.05) is 18.5 Å². The number of fused-ring (bicyclic) bond motifs is 1. The third-order valence-electron chi connectivity index (χ3n) is 3.94. The monoisotopic (exact) mass is 281 g/mol. The molecule has 1 aromatic heterocycles. The number of hydrogen-bond donors (Lipinski definition) is 1. The first-order chi connectivity index (χ1) is 10.4. The zero-order chi connectivity index (χ0) is 14.5. The Kier molecular flexibility index (Phi) is 4.32. The van der Waals surface area contributed by atoms with Crippen LogP contribution < -0.4 is 5.32 Å². The van der Waals surface area contributed by atoms with Gasteiger partial charge in [0.2, 0.25) is 0 Å². The first kappa shape index (κ1) is 13.8. The van der Waals surface area contributed by atoms with Crippen LogP contribution in [0.3, 0.4) is 0 Å². The van der Waals surface area contributed by atoms with Gasteiger partial charge in [0.05, 0.1) is 22.9 Å². The van der Waals surface area contributed by atoms with Crippen molar-refractivity contribution in [3.8, 4) is 6.07 Å². The topological polar surface area (TPSA) is 57.9 Å². The van der Waals surface area contributed by atoms with E-state index in [0.717, 1.165) is 42.6 Å². The van der Waals surface area contributed by atoms with Crippen molar-refractivity contribution in [1.29, 1.82) is 5.26 Å². The highest BCUT2D eigenvalue weighted by Gasteiger charge is 2.14. The lowest BCUT2D eigenvalue weighted by Gasteiger charge is -2.23. The molecule has 0 saturated carbocycles. The number of aromatic nitrogens is 1. The molecule has 4 heteroatoms. The molecule has 1 saturated heterocycles. The number of nitrogens with one attached hydrogen (secondary N) is 1. The van der Waals surface area contributed by atoms with Gasteiger partial charge in [-0.25, -0.2) is 0 Å². The number of pyridine rings is 1. The van der Waals surface area contributed by atoms with E-state index in [-0.39, 0.29) is 0 Å². The molecule has 0 radical (unpaired) electrons. The van der Waals surface area contributed by atoms with Gasteiger partial charge < -0.3 is 10.1 Å². The van der Waals surface area contributed by atoms with Gasteiger partial charge in [-0.1, -0.05) is 18.2 Å². The maximum absolute atomic E-state index is 9.27. The summed E-state index contributed by atoms with van der Waals surface area (Å²) in [5.41, 5.74) is 2.39. The maximum atomic E-state index is 9.27. The largest absolute Gasteiger partial charge is 0.383 e. The average Bonchev–Trinajstić information content (AvgIpc) is 2.56. The van der Waals surface area contributed by atoms with Crippen molar-refractivity contribution in [2.24, 2.45) is 0 Å². The standard InChI is InChI=1S/C17H19N3O/c18-11-13-12-20-16-7-2-1-6-15(16)17(13)19-9-8-14-5-3-4-10-21-14/h1-2,6-7,12,14H,3-5,8-10H2,(H,19,20). The van der Waals surface area contributed by atoms with E-state index in [4.69, 9.17) is 4.74 Å². The van der Waals surface area contributed by atoms with E-state index in [1.54, 1.807) is 6.20 Å². The quantitative estimate of drug-likeness (QED) is 0.932. The van der Waals surface area contributed by atoms with Crippen molar-refractivity contribution in [3.05, 3.63) is 36.0 Å². The van der Waals surface area contributed by atoms with Crippen LogP contribution in [0.15, 0.2) is 30.5 Å². The minimum Gasteiger partial charge on any atom is -0.383 e. The number of rotatable bonds is 4. The summed E-state index contributed by atoms with van der Waals surface area (Å²) in [6.07, 6.45) is 6.54. The van der Waals surface area contributed by atoms with Crippen LogP contribution in [0.1, 0.15) is 31.2 Å². The Balaban J connectivity index is 1.74. The van der Waals surface area contributed by atoms with Crippen LogP contribution in [0.5, 0.6) is 0 Å². The van der Waals surface area contributed by atoms with Gasteiger partial charge in [0.1, 0.15) is 6.07 Å². The average molecular weight is 281 g/mol. The normalized spacial score (nSPS) is 18.3. The van der Waals surface area contributed by atoms with E-state index in [2.05, 4.69) is 16.4 Å². The fraction of sp³-hybridized carbons (Fsp3) is 0.412. The molecule has 21 heavy (non-hydrogen) atoms. The minimum absolute atomic E-state index is 0.352. The molecule has 0 spiro atoms. The second-order valence-electron chi connectivity index (χ2n) is 5.38. The van der Waals surface area contributed by atoms with Crippen molar-refractivity contribution in [1.82, 2.24) is 4.98 Å². The lowest BCUT2D eigenvalue weighted by atomic mass is 10.1. The zero-order valence-electron chi connectivity index (χ0n) is 12.0. The summed E-state index contributed by atoms with van der Waals surface area (Å²) < 4.78 is 5.74. The molecular formula is C17H19N3O. The molecule has 0 amide bonds. The molecule has 2 heterocycles. The van der Waals surface area contributed by atoms with Gasteiger partial charge in [-0.15, -0.1) is 0 Å². The van der Waals surface area contributed by atoms with Crippen LogP contribution in [0, 0.1) is 11.3 Å². The molecule has 2 aromatic rings. The Morgan fingerprint density at radius 3 is 3.05 bits per heavy atom. The van der Waals surface area contributed by atoms with Crippen molar-refractivity contribution in [3.63, 3.8) is 0 Å². The fourth-order valence-corrected chi connectivity index (χ4v) is 2.81. The van der Waals surface area contributed by atoms with Crippen LogP contribution in [0.4, 0.5) is 5.69 Å². The first-order valence-electron chi connectivity index (χ1n) is 7.52. The van der Waals surface area contributed by atoms with Crippen molar-refractivity contribution in [2.45, 2.75) is 31.8 Å². The summed E-state index contributed by atoms with van der Waals surface area (Å²) in [5, 5.41) is 13.7. The number of hydrogen-bond acceptors (Lipinski definition) is 4. The molecule has 0 bridgehead atoms. The highest BCUT2D eigenvalue weighted by Crippen LogP contribution is 2.25. The molecule has 1 aliphatic rings. The van der Waals surface area contributed by atoms with Crippen LogP contribution in [-0.4, -0.2) is 24.2 Å². The molecule has 3 rings (SSSR count). The Morgan fingerprint density at radius 1 is 1.33 bits per heavy atom. The van der Waals surface area contributed by atoms with Crippen LogP contribution in [0.25, 0.3) is 10.9 Å². The predicted octanol–water partition coefficient (Wildman–Crippen LogP) is 3.48. The third kappa shape index (κ3) is 3.14. The summed E-state index contributed by atoms with van der Waals surface area (Å²) in [7, 11) is 0. The fourth-order valence-electron chi connectivity index (χ4n) is 2.81. The molecule has 0 aliphatic carbocycles. The highest BCUT2D eigenvalue weighted by molar-refractivity contribution is 5.93. The summed E-state index contributed by atoms with van der Waals surface area (Å²) in [4.78, 5) is 4.32. The Bertz CT molecular complexity index is 657. The number of anilines is 1. The Hall–Kier alpha value is -2.12. The maximum Gasteiger partial charge on any atom is 0.103 e. The zero-order valence-corrected chi connectivity index (χ0v) is 12.0. The summed E-state index contributed by atoms with van der Waals surface area (Å²) in [6, 6.07) is 10.1. The second kappa shape index (κ2) is 6.55. The van der Waals surface area contributed by atoms with Gasteiger partial charge in [0.15, 0.2) is 0 Å². The van der Waals surface area contributed by atoms with Gasteiger partial charge in [0.25, 0.3) is 0 Å². The molecule has 1 unspecified atom stereocenters. The molecule has 108 valence electrons. The van der Waals surface area contributed by atoms with Gasteiger partial charge in [-0.05, 0) is 31.7 Å². The lowest BCUT2D eigenvalue weighted by molar-refractivity contribution is 0.0134. The number of benzene rings is 1. The second-order valence-corrected chi connectivity index (χ2v) is 5.38. The van der Waals surface area contributed by atoms with E-state index < -0.39 is 0 Å². The van der Waals surface area contributed by atoms with Gasteiger partial charge in [-0.2, -0.15) is 5.26 Å². The van der Waals surface area contributed by atoms with E-state index in [9.17, 15) is 5.26 Å². The van der Waals surface area contributed by atoms with E-state index >= 15 is 0 Å². The molecule has 1 N–H and O–H groups in total. The number of para-hydroxylation sites is 1. The summed E-state index contributed by atoms with van der Waals surface area (Å²) in [5.74, 6) is 0. The van der Waals surface area contributed by atoms with Crippen molar-refractivity contribution >= 4 is 16.6 Å². The summed E-state index contributed by atoms with van der Waals surface area (Å²) >= 11 is 0. The third-order valence-corrected chi connectivity index (χ3v) is 3.94. The van der Waals surface area contributed by atoms with E-state index in [0.29, 0.717) is 11.7 Å². The van der Waals surface area contributed by atoms with Gasteiger partial charge >= 0.3 is 0 Å². The Morgan fingerprint density at radius 2 is 2.24 bits per heavy atom. The molecule has 4 nitrogen and oxygen atoms in total. The van der Waals surface area contributed by atoms with Crippen LogP contribution in [0.2, 0.25) is 0 Å². The van der Waals surface area contributed by atoms with Gasteiger partial charge in [0, 0.05) is 24.7 Å². The molecule has 1 atom stereocenters. The molecule has 1 aliphatic heterocycles. The van der Waals surface area contributed by atoms with E-state index in [1.165, 1.54) is 12.8 Å². The van der Waals surface area contributed by atoms with Crippen molar-refractivity contribution < 1.29 is 4.74 Å². The Labute approximate surface area is 124 Å². The van der Waals surface area contributed by atoms with Gasteiger partial charge in [-0.3, -0.25) is 4.98 Å². The highest BCUT2D eigenvalue weighted by atomic mass is 16.5. The number of ether oxygens (including phenoxy) is 1. The molecule has 1 fully saturated rings. The SMILES string of the molecule is N#Cc1cnc2ccccc2c1NCCC1CCCCO1. The number of nitrogens with zero attached hydrogens (tertiary/aromatic N) is 2. The minimum atomic E-state index is 0.352. The van der Waals surface area contributed by atoms with Crippen LogP contribution >= 0.6 is 0 Å². The first-order valence-corrected chi connectivity index (χ1v) is 7.52. The smallest absolute Gasteiger partial charge is 0.103 e. The van der Waals surface area contributed by atoms with Crippen LogP contribution in [-0.2, 0) is 4.74 Å². The number of nitriles is 1.